The second kappa shape index (κ2) is 45.3. The van der Waals surface area contributed by atoms with Gasteiger partial charge in [-0.15, -0.1) is 65.9 Å². The molecule has 135 heavy (non-hydrogen) atoms. The molecule has 5 unspecified atom stereocenters. The number of ether oxygens (including phenoxy) is 5. The van der Waals surface area contributed by atoms with Gasteiger partial charge >= 0.3 is 0 Å². The monoisotopic (exact) mass is 2070 g/mol. The summed E-state index contributed by atoms with van der Waals surface area (Å²) in [4.78, 5) is 117. The van der Waals surface area contributed by atoms with Crippen LogP contribution in [0.5, 0.6) is 0 Å². The van der Waals surface area contributed by atoms with E-state index in [2.05, 4.69) is 187 Å². The van der Waals surface area contributed by atoms with Gasteiger partial charge in [-0.2, -0.15) is 0 Å². The summed E-state index contributed by atoms with van der Waals surface area (Å²) in [6.07, 6.45) is 15.5. The summed E-state index contributed by atoms with van der Waals surface area (Å²) in [5.41, 5.74) is 1.11. The third-order valence-corrected chi connectivity index (χ3v) is 34.2. The van der Waals surface area contributed by atoms with E-state index in [-0.39, 0.29) is 60.2 Å². The lowest BCUT2D eigenvalue weighted by atomic mass is 10.1. The average molecular weight is 2070 g/mol. The topological polar surface area (TPSA) is 569 Å². The molecule has 0 radical (unpaired) electrons. The zero-order valence-electron chi connectivity index (χ0n) is 80.0. The molecule has 5 aliphatic heterocycles. The number of aliphatic hydroxyl groups is 10. The lowest BCUT2D eigenvalue weighted by Gasteiger charge is -2.20. The molecule has 5 fully saturated rings. The van der Waals surface area contributed by atoms with Gasteiger partial charge in [-0.25, -0.2) is 44.9 Å². The molecule has 15 rings (SSSR count). The molecule has 0 amide bonds. The molecule has 10 aromatic rings. The van der Waals surface area contributed by atoms with Crippen LogP contribution in [0.15, 0.2) is 44.6 Å². The molecule has 5 saturated heterocycles. The predicted molar refractivity (Wildman–Crippen MR) is 553 cm³/mol. The molecule has 0 spiro atoms. The molecule has 40 nitrogen and oxygen atoms in total. The van der Waals surface area contributed by atoms with E-state index >= 15 is 0 Å². The number of nitrogens with one attached hydrogen (secondary N) is 6. The Hall–Kier alpha value is -5.73. The highest BCUT2D eigenvalue weighted by Crippen LogP contribution is 2.48. The molecule has 5 aliphatic rings. The van der Waals surface area contributed by atoms with Gasteiger partial charge in [0.25, 0.3) is 27.8 Å². The predicted octanol–water partition coefficient (Wildman–Crippen LogP) is 6.62. The van der Waals surface area contributed by atoms with Gasteiger partial charge in [0.1, 0.15) is 90.2 Å². The fourth-order valence-electron chi connectivity index (χ4n) is 15.9. The van der Waals surface area contributed by atoms with Crippen LogP contribution in [0.3, 0.4) is 0 Å². The molecule has 0 aromatic carbocycles. The smallest absolute Gasteiger partial charge is 0.279 e. The van der Waals surface area contributed by atoms with Crippen LogP contribution in [-0.2, 0) is 23.7 Å². The summed E-state index contributed by atoms with van der Waals surface area (Å²) >= 11 is 11.0. The van der Waals surface area contributed by atoms with Crippen LogP contribution in [0.1, 0.15) is 132 Å². The first-order valence-corrected chi connectivity index (χ1v) is 64.5. The molecule has 50 heteroatoms. The molecular weight excluding hydrogens is 1940 g/mol. The number of aliphatic hydroxyl groups excluding tert-OH is 10. The molecular formula is C85H135N20O20P5S5. The van der Waals surface area contributed by atoms with Crippen molar-refractivity contribution in [3.05, 3.63) is 85.7 Å². The maximum Gasteiger partial charge on any atom is 0.279 e. The van der Waals surface area contributed by atoms with Gasteiger partial charge in [-0.05, 0) is 201 Å². The van der Waals surface area contributed by atoms with Gasteiger partial charge in [0.05, 0.1) is 30.5 Å². The third-order valence-electron chi connectivity index (χ3n) is 22.9. The number of unbranched alkanes of at least 4 members (excludes halogenated alkanes) is 1. The Bertz CT molecular complexity index is 6520. The Morgan fingerprint density at radius 2 is 0.578 bits per heavy atom. The van der Waals surface area contributed by atoms with Crippen molar-refractivity contribution in [2.75, 3.05) is 121 Å². The number of aromatic amines is 6. The van der Waals surface area contributed by atoms with Gasteiger partial charge in [-0.1, -0.05) is 74.2 Å². The minimum atomic E-state index is -1.28. The van der Waals surface area contributed by atoms with E-state index in [1.807, 2.05) is 13.2 Å². The maximum atomic E-state index is 12.4. The fourth-order valence-corrected chi connectivity index (χ4v) is 24.3. The van der Waals surface area contributed by atoms with E-state index in [4.69, 9.17) is 35.9 Å². The Morgan fingerprint density at radius 3 is 0.837 bits per heavy atom. The van der Waals surface area contributed by atoms with Crippen molar-refractivity contribution >= 4 is 181 Å². The maximum absolute atomic E-state index is 12.4. The van der Waals surface area contributed by atoms with E-state index in [0.717, 1.165) is 67.3 Å². The summed E-state index contributed by atoms with van der Waals surface area (Å²) in [5, 5.41) is 108. The summed E-state index contributed by atoms with van der Waals surface area (Å²) in [6.45, 7) is 29.4. The van der Waals surface area contributed by atoms with Crippen LogP contribution >= 0.6 is 93.7 Å². The van der Waals surface area contributed by atoms with Crippen LogP contribution in [-0.4, -0.2) is 393 Å². The molecule has 0 saturated carbocycles. The SMILES string of the molecule is C=P(C)(C)CC[C@H]1OC(n2c(=S)[nH]c3c(=O)[nH]c(C)nc32)[C@H](O)[C@@H]1O.C=P(C)(C)CC[C@H]1OC(n2c(SC)nc3c(=O)[nH]c(C)nc32)[C@H](O)[C@@H]1O.C=P(C)(C)CC[C@H]1OC(n2c(SCC)nc3c(=O)[nH]c(C)nc32)[C@H](O)[C@@H]1O.C=P(C)(C)CC[C@H]1OC(n2c(SCCC)nc3c(=O)[nH]c(C)nc32)[C@H](O)[C@@H]1O.C=P(C)(C)CC[C@H]1OC(n2c(SCCCC)nc3c(=O)[nH]c(C)nc32)[C@H](O)[C@@H]1O. The van der Waals surface area contributed by atoms with Crippen LogP contribution in [0.25, 0.3) is 55.8 Å². The summed E-state index contributed by atoms with van der Waals surface area (Å²) < 4.78 is 38.4. The Kier molecular flexibility index (Phi) is 36.8. The van der Waals surface area contributed by atoms with E-state index in [1.54, 1.807) is 52.9 Å². The minimum Gasteiger partial charge on any atom is -0.388 e. The first-order valence-electron chi connectivity index (χ1n) is 44.6. The van der Waals surface area contributed by atoms with Crippen LogP contribution < -0.4 is 27.8 Å². The number of thioether (sulfide) groups is 4. The van der Waals surface area contributed by atoms with Crippen molar-refractivity contribution in [2.45, 2.75) is 250 Å². The number of aryl methyl sites for hydroxylation is 5. The van der Waals surface area contributed by atoms with Crippen LogP contribution in [0.2, 0.25) is 0 Å². The van der Waals surface area contributed by atoms with Crippen molar-refractivity contribution in [3.8, 4) is 0 Å². The highest BCUT2D eigenvalue weighted by Gasteiger charge is 2.51. The third kappa shape index (κ3) is 26.4. The Morgan fingerprint density at radius 1 is 0.333 bits per heavy atom. The van der Waals surface area contributed by atoms with Crippen LogP contribution in [0.4, 0.5) is 0 Å². The zero-order chi connectivity index (χ0) is 99.7. The molecule has 16 N–H and O–H groups in total. The Labute approximate surface area is 804 Å². The molecule has 15 heterocycles. The molecule has 750 valence electrons. The lowest BCUT2D eigenvalue weighted by molar-refractivity contribution is -0.0400. The van der Waals surface area contributed by atoms with Gasteiger partial charge < -0.3 is 105 Å². The fraction of sp³-hybridized carbons (Fsp3) is 0.647. The van der Waals surface area contributed by atoms with E-state index < -0.39 is 157 Å². The van der Waals surface area contributed by atoms with E-state index in [0.29, 0.717) is 110 Å². The zero-order valence-corrected chi connectivity index (χ0v) is 88.5. The number of aromatic nitrogens is 20. The second-order valence-corrected chi connectivity index (χ2v) is 64.3. The highest BCUT2D eigenvalue weighted by atomic mass is 32.2. The number of fused-ring (bicyclic) bond motifs is 5. The van der Waals surface area contributed by atoms with E-state index in [9.17, 15) is 75.0 Å². The van der Waals surface area contributed by atoms with Crippen LogP contribution in [0, 0.1) is 39.4 Å². The summed E-state index contributed by atoms with van der Waals surface area (Å²) in [7, 11) is 0. The number of rotatable bonds is 30. The van der Waals surface area contributed by atoms with Gasteiger partial charge in [0.15, 0.2) is 112 Å². The largest absolute Gasteiger partial charge is 0.388 e. The van der Waals surface area contributed by atoms with Crippen molar-refractivity contribution in [1.29, 1.82) is 0 Å². The molecule has 20 atom stereocenters. The Balaban J connectivity index is 0.000000162. The normalized spacial score (nSPS) is 26.1. The minimum absolute atomic E-state index is 0.193. The van der Waals surface area contributed by atoms with Gasteiger partial charge in [-0.3, -0.25) is 46.8 Å². The highest BCUT2D eigenvalue weighted by molar-refractivity contribution is 7.99. The number of hydrogen-bond donors (Lipinski definition) is 16. The standard InChI is InChI=1S/C19H31N4O4PS.C18H29N4O4PS.C17H27N4O4PS.C16H25N4O4PS.C15H23N4O4PS/c1-6-7-10-29-19-22-13-16(20-11(2)21-17(13)26)23(19)18-15(25)14(24)12(27-18)8-9-28(3,4)5;1-6-9-28-18-21-12-15(19-10(2)20-16(12)25)22(18)17-14(24)13(23)11(26-17)7-8-27(3,4)5;1-6-27-17-20-11-14(18-9(2)19-15(11)24)21(17)16-13(23)12(22)10(25-16)7-8-26(3,4)5;1-8-17-13-10(14(23)18-8)19-16(26-5)20(13)15-12(22)11(21)9(24-15)6-7-25(2,3)4;1-7-16-12-9(13(22)17-7)18-15(25)19(12)14-11(21)10(20)8(23-14)5-6-24(2,3)4/h12,14-15,18,24-25H,3,6-10H2,1-2,4-5H3,(H,20,21,26);11,13-14,17,23-24H,3,6-9H2,1-2,4-5H3,(H,19,20,25);10,12-13,16,22-23H,3,6-8H2,1-2,4-5H3,(H,18,19,24);9,11-12,15,21-22H,2,6-7H2,1,3-5H3,(H,17,18,23);8,10-11,14,20-21H,2,5-6H2,1,3-4H3,(H,18,25)(H,16,17,22)/t12-,14-,15-,18?;11-,13-,14-,17?;10-,12-,13-,16?;9-,11-,12-,15?;8-,10-,11-,14?/m11111/s1. The van der Waals surface area contributed by atoms with Gasteiger partial charge in [0, 0.05) is 11.5 Å². The first kappa shape index (κ1) is 110. The quantitative estimate of drug-likeness (QED) is 0.00972. The lowest BCUT2D eigenvalue weighted by Crippen LogP contribution is -2.32. The van der Waals surface area contributed by atoms with E-state index in [1.165, 1.54) is 51.6 Å². The average Bonchev–Trinajstić information content (AvgIpc) is 1.61. The van der Waals surface area contributed by atoms with Crippen molar-refractivity contribution < 1.29 is 74.7 Å². The second-order valence-electron chi connectivity index (χ2n) is 38.2. The molecule has 10 aromatic heterocycles. The number of imidazole rings is 5. The summed E-state index contributed by atoms with van der Waals surface area (Å²) in [5.74, 6) is 4.60. The van der Waals surface area contributed by atoms with Gasteiger partial charge in [0.2, 0.25) is 0 Å². The number of H-pyrrole nitrogens is 6. The van der Waals surface area contributed by atoms with Crippen molar-refractivity contribution in [1.82, 2.24) is 97.6 Å². The van der Waals surface area contributed by atoms with Crippen molar-refractivity contribution in [3.63, 3.8) is 0 Å². The van der Waals surface area contributed by atoms with Crippen molar-refractivity contribution in [2.24, 2.45) is 0 Å². The summed E-state index contributed by atoms with van der Waals surface area (Å²) in [6, 6.07) is 0. The number of hydrogen-bond acceptors (Lipinski definition) is 34. The molecule has 0 bridgehead atoms. The number of nitrogens with zero attached hydrogens (tertiary/aromatic N) is 14. The first-order chi connectivity index (χ1) is 63.1. The molecule has 0 aliphatic carbocycles.